The van der Waals surface area contributed by atoms with Gasteiger partial charge in [0.05, 0.1) is 11.1 Å². The molecule has 0 aromatic heterocycles. The number of halogens is 2. The van der Waals surface area contributed by atoms with Gasteiger partial charge in [-0.1, -0.05) is 15.9 Å². The van der Waals surface area contributed by atoms with Crippen molar-refractivity contribution in [1.29, 1.82) is 0 Å². The Bertz CT molecular complexity index is 456. The fraction of sp³-hybridized carbons (Fsp3) is 0.600. The van der Waals surface area contributed by atoms with E-state index in [0.717, 1.165) is 27.2 Å². The number of hydrogen-bond donors (Lipinski definition) is 1. The SMILES string of the molecule is CCOc1c(Br)cc(Br)cc1CNC(C)(C)C1CC1. The Kier molecular flexibility index (Phi) is 4.96. The van der Waals surface area contributed by atoms with E-state index in [0.29, 0.717) is 6.61 Å². The molecule has 0 heterocycles. The molecular weight excluding hydrogens is 370 g/mol. The van der Waals surface area contributed by atoms with E-state index in [4.69, 9.17) is 4.74 Å². The lowest BCUT2D eigenvalue weighted by Crippen LogP contribution is -2.40. The number of ether oxygens (including phenoxy) is 1. The van der Waals surface area contributed by atoms with Gasteiger partial charge in [0.15, 0.2) is 0 Å². The summed E-state index contributed by atoms with van der Waals surface area (Å²) in [6.07, 6.45) is 2.70. The lowest BCUT2D eigenvalue weighted by Gasteiger charge is -2.27. The molecule has 1 aliphatic rings. The maximum Gasteiger partial charge on any atom is 0.138 e. The molecule has 0 aliphatic heterocycles. The molecule has 4 heteroatoms. The minimum absolute atomic E-state index is 0.207. The van der Waals surface area contributed by atoms with Gasteiger partial charge in [0, 0.05) is 22.1 Å². The summed E-state index contributed by atoms with van der Waals surface area (Å²) in [4.78, 5) is 0. The van der Waals surface area contributed by atoms with Gasteiger partial charge < -0.3 is 10.1 Å². The zero-order valence-electron chi connectivity index (χ0n) is 11.7. The average molecular weight is 391 g/mol. The summed E-state index contributed by atoms with van der Waals surface area (Å²) >= 11 is 7.12. The summed E-state index contributed by atoms with van der Waals surface area (Å²) in [5.41, 5.74) is 1.40. The van der Waals surface area contributed by atoms with Gasteiger partial charge in [-0.3, -0.25) is 0 Å². The molecule has 1 aromatic carbocycles. The first-order valence-corrected chi connectivity index (χ1v) is 8.38. The first kappa shape index (κ1) is 15.3. The quantitative estimate of drug-likeness (QED) is 0.746. The lowest BCUT2D eigenvalue weighted by molar-refractivity contribution is 0.318. The van der Waals surface area contributed by atoms with E-state index in [1.165, 1.54) is 18.4 Å². The molecule has 0 radical (unpaired) electrons. The smallest absolute Gasteiger partial charge is 0.138 e. The van der Waals surface area contributed by atoms with Crippen LogP contribution in [-0.2, 0) is 6.54 Å². The number of benzene rings is 1. The van der Waals surface area contributed by atoms with Crippen LogP contribution in [0.5, 0.6) is 5.75 Å². The van der Waals surface area contributed by atoms with Crippen LogP contribution < -0.4 is 10.1 Å². The first-order valence-electron chi connectivity index (χ1n) is 6.79. The van der Waals surface area contributed by atoms with Crippen molar-refractivity contribution in [3.8, 4) is 5.75 Å². The summed E-state index contributed by atoms with van der Waals surface area (Å²) in [6, 6.07) is 4.16. The van der Waals surface area contributed by atoms with Crippen molar-refractivity contribution in [2.75, 3.05) is 6.61 Å². The van der Waals surface area contributed by atoms with Crippen LogP contribution in [0, 0.1) is 5.92 Å². The van der Waals surface area contributed by atoms with E-state index in [1.807, 2.05) is 13.0 Å². The highest BCUT2D eigenvalue weighted by atomic mass is 79.9. The van der Waals surface area contributed by atoms with Crippen LogP contribution in [-0.4, -0.2) is 12.1 Å². The molecule has 0 saturated heterocycles. The molecule has 106 valence electrons. The molecule has 0 unspecified atom stereocenters. The van der Waals surface area contributed by atoms with E-state index in [1.54, 1.807) is 0 Å². The molecule has 0 amide bonds. The Morgan fingerprint density at radius 1 is 1.32 bits per heavy atom. The first-order chi connectivity index (χ1) is 8.94. The third kappa shape index (κ3) is 3.96. The van der Waals surface area contributed by atoms with Crippen molar-refractivity contribution in [2.45, 2.75) is 45.7 Å². The normalized spacial score (nSPS) is 15.6. The molecule has 0 atom stereocenters. The lowest BCUT2D eigenvalue weighted by atomic mass is 9.98. The standard InChI is InChI=1S/C15H21Br2NO/c1-4-19-14-10(7-12(16)8-13(14)17)9-18-15(2,3)11-5-6-11/h7-8,11,18H,4-6,9H2,1-3H3. The predicted octanol–water partition coefficient (Wildman–Crippen LogP) is 4.89. The molecule has 2 nitrogen and oxygen atoms in total. The molecule has 1 saturated carbocycles. The Morgan fingerprint density at radius 2 is 2.00 bits per heavy atom. The van der Waals surface area contributed by atoms with E-state index in [2.05, 4.69) is 57.1 Å². The van der Waals surface area contributed by atoms with Gasteiger partial charge in [-0.05, 0) is 67.6 Å². The van der Waals surface area contributed by atoms with Crippen molar-refractivity contribution >= 4 is 31.9 Å². The Morgan fingerprint density at radius 3 is 2.58 bits per heavy atom. The van der Waals surface area contributed by atoms with Gasteiger partial charge >= 0.3 is 0 Å². The highest BCUT2D eigenvalue weighted by molar-refractivity contribution is 9.11. The van der Waals surface area contributed by atoms with Crippen molar-refractivity contribution in [3.63, 3.8) is 0 Å². The maximum atomic E-state index is 5.76. The van der Waals surface area contributed by atoms with Crippen LogP contribution in [0.3, 0.4) is 0 Å². The van der Waals surface area contributed by atoms with E-state index in [9.17, 15) is 0 Å². The summed E-state index contributed by atoms with van der Waals surface area (Å²) in [5.74, 6) is 1.77. The summed E-state index contributed by atoms with van der Waals surface area (Å²) < 4.78 is 7.83. The molecule has 1 N–H and O–H groups in total. The maximum absolute atomic E-state index is 5.76. The van der Waals surface area contributed by atoms with Gasteiger partial charge in [0.25, 0.3) is 0 Å². The van der Waals surface area contributed by atoms with Crippen LogP contribution in [0.2, 0.25) is 0 Å². The van der Waals surface area contributed by atoms with Crippen LogP contribution >= 0.6 is 31.9 Å². The molecule has 0 spiro atoms. The van der Waals surface area contributed by atoms with E-state index in [-0.39, 0.29) is 5.54 Å². The predicted molar refractivity (Wildman–Crippen MR) is 86.7 cm³/mol. The zero-order chi connectivity index (χ0) is 14.0. The summed E-state index contributed by atoms with van der Waals surface area (Å²) in [7, 11) is 0. The molecule has 19 heavy (non-hydrogen) atoms. The molecular formula is C15H21Br2NO. The molecule has 1 aromatic rings. The minimum atomic E-state index is 0.207. The highest BCUT2D eigenvalue weighted by Crippen LogP contribution is 2.40. The van der Waals surface area contributed by atoms with Crippen LogP contribution in [0.15, 0.2) is 21.1 Å². The fourth-order valence-corrected chi connectivity index (χ4v) is 3.75. The Balaban J connectivity index is 2.13. The monoisotopic (exact) mass is 389 g/mol. The summed E-state index contributed by atoms with van der Waals surface area (Å²) in [6.45, 7) is 8.10. The number of rotatable bonds is 6. The molecule has 1 fully saturated rings. The molecule has 1 aliphatic carbocycles. The van der Waals surface area contributed by atoms with Crippen molar-refractivity contribution < 1.29 is 4.74 Å². The third-order valence-electron chi connectivity index (χ3n) is 3.71. The second-order valence-electron chi connectivity index (χ2n) is 5.66. The second kappa shape index (κ2) is 6.15. The second-order valence-corrected chi connectivity index (χ2v) is 7.43. The molecule has 0 bridgehead atoms. The van der Waals surface area contributed by atoms with Crippen LogP contribution in [0.1, 0.15) is 39.2 Å². The van der Waals surface area contributed by atoms with Gasteiger partial charge in [-0.15, -0.1) is 0 Å². The van der Waals surface area contributed by atoms with Crippen molar-refractivity contribution in [1.82, 2.24) is 5.32 Å². The fourth-order valence-electron chi connectivity index (χ4n) is 2.32. The number of nitrogens with one attached hydrogen (secondary N) is 1. The zero-order valence-corrected chi connectivity index (χ0v) is 14.9. The van der Waals surface area contributed by atoms with Crippen molar-refractivity contribution in [3.05, 3.63) is 26.6 Å². The average Bonchev–Trinajstić information content (AvgIpc) is 3.14. The van der Waals surface area contributed by atoms with Crippen LogP contribution in [0.4, 0.5) is 0 Å². The van der Waals surface area contributed by atoms with Gasteiger partial charge in [0.1, 0.15) is 5.75 Å². The van der Waals surface area contributed by atoms with Gasteiger partial charge in [0.2, 0.25) is 0 Å². The van der Waals surface area contributed by atoms with E-state index >= 15 is 0 Å². The largest absolute Gasteiger partial charge is 0.492 e. The highest BCUT2D eigenvalue weighted by Gasteiger charge is 2.37. The van der Waals surface area contributed by atoms with Gasteiger partial charge in [-0.25, -0.2) is 0 Å². The topological polar surface area (TPSA) is 21.3 Å². The Labute approximate surface area is 132 Å². The molecule has 2 rings (SSSR count). The summed E-state index contributed by atoms with van der Waals surface area (Å²) in [5, 5.41) is 3.67. The Hall–Kier alpha value is -0.0600. The number of hydrogen-bond acceptors (Lipinski definition) is 2. The van der Waals surface area contributed by atoms with Gasteiger partial charge in [-0.2, -0.15) is 0 Å². The van der Waals surface area contributed by atoms with Crippen LogP contribution in [0.25, 0.3) is 0 Å². The third-order valence-corrected chi connectivity index (χ3v) is 4.75. The minimum Gasteiger partial charge on any atom is -0.492 e. The van der Waals surface area contributed by atoms with E-state index < -0.39 is 0 Å². The van der Waals surface area contributed by atoms with Crippen molar-refractivity contribution in [2.24, 2.45) is 5.92 Å².